The first kappa shape index (κ1) is 13.4. The zero-order chi connectivity index (χ0) is 12.3. The first-order valence-corrected chi connectivity index (χ1v) is 7.65. The van der Waals surface area contributed by atoms with Crippen LogP contribution in [0.3, 0.4) is 0 Å². The van der Waals surface area contributed by atoms with Gasteiger partial charge in [0.2, 0.25) is 10.0 Å². The molecule has 0 aromatic carbocycles. The zero-order valence-electron chi connectivity index (χ0n) is 9.89. The molecule has 0 radical (unpaired) electrons. The molecule has 0 unspecified atom stereocenters. The zero-order valence-corrected chi connectivity index (χ0v) is 11.5. The molecule has 0 bridgehead atoms. The molecule has 7 heteroatoms. The summed E-state index contributed by atoms with van der Waals surface area (Å²) in [5.41, 5.74) is 0.865. The minimum atomic E-state index is -3.21. The number of nitrogens with one attached hydrogen (secondary N) is 1. The van der Waals surface area contributed by atoms with Crippen LogP contribution in [0.2, 0.25) is 0 Å². The summed E-state index contributed by atoms with van der Waals surface area (Å²) in [5.74, 6) is 0. The second-order valence-electron chi connectivity index (χ2n) is 3.89. The van der Waals surface area contributed by atoms with Gasteiger partial charge in [0.1, 0.15) is 0 Å². The SMILES string of the molecule is CC(C)NCc1csc(N(C)S(C)(=O)=O)n1. The van der Waals surface area contributed by atoms with Gasteiger partial charge in [-0.25, -0.2) is 17.7 Å². The number of anilines is 1. The molecule has 1 aromatic heterocycles. The molecule has 1 N–H and O–H groups in total. The lowest BCUT2D eigenvalue weighted by atomic mass is 10.4. The van der Waals surface area contributed by atoms with E-state index in [1.807, 2.05) is 5.38 Å². The molecule has 92 valence electrons. The van der Waals surface area contributed by atoms with Crippen LogP contribution in [0, 0.1) is 0 Å². The Hall–Kier alpha value is -0.660. The van der Waals surface area contributed by atoms with Gasteiger partial charge in [-0.05, 0) is 0 Å². The van der Waals surface area contributed by atoms with Crippen LogP contribution < -0.4 is 9.62 Å². The molecule has 1 rings (SSSR count). The van der Waals surface area contributed by atoms with E-state index < -0.39 is 10.0 Å². The Morgan fingerprint density at radius 3 is 2.69 bits per heavy atom. The summed E-state index contributed by atoms with van der Waals surface area (Å²) in [4.78, 5) is 4.25. The van der Waals surface area contributed by atoms with E-state index in [9.17, 15) is 8.42 Å². The highest BCUT2D eigenvalue weighted by molar-refractivity contribution is 7.92. The number of hydrogen-bond donors (Lipinski definition) is 1. The summed E-state index contributed by atoms with van der Waals surface area (Å²) < 4.78 is 23.8. The maximum Gasteiger partial charge on any atom is 0.233 e. The maximum atomic E-state index is 11.3. The second-order valence-corrected chi connectivity index (χ2v) is 6.74. The molecular formula is C9H17N3O2S2. The predicted octanol–water partition coefficient (Wildman–Crippen LogP) is 1.04. The molecule has 16 heavy (non-hydrogen) atoms. The Labute approximate surface area is 101 Å². The molecule has 0 aliphatic rings. The third-order valence-corrected chi connectivity index (χ3v) is 4.25. The molecule has 0 saturated carbocycles. The van der Waals surface area contributed by atoms with Gasteiger partial charge in [-0.3, -0.25) is 0 Å². The van der Waals surface area contributed by atoms with Crippen molar-refractivity contribution >= 4 is 26.5 Å². The van der Waals surface area contributed by atoms with Crippen molar-refractivity contribution < 1.29 is 8.42 Å². The van der Waals surface area contributed by atoms with Crippen LogP contribution in [0.25, 0.3) is 0 Å². The topological polar surface area (TPSA) is 62.3 Å². The van der Waals surface area contributed by atoms with Crippen LogP contribution in [0.1, 0.15) is 19.5 Å². The van der Waals surface area contributed by atoms with E-state index in [2.05, 4.69) is 24.1 Å². The predicted molar refractivity (Wildman–Crippen MR) is 67.3 cm³/mol. The Bertz CT molecular complexity index is 439. The van der Waals surface area contributed by atoms with Crippen LogP contribution in [0.5, 0.6) is 0 Å². The normalized spacial score (nSPS) is 12.1. The summed E-state index contributed by atoms with van der Waals surface area (Å²) in [7, 11) is -1.71. The molecular weight excluding hydrogens is 246 g/mol. The van der Waals surface area contributed by atoms with Crippen LogP contribution in [-0.4, -0.2) is 32.7 Å². The molecule has 0 saturated heterocycles. The van der Waals surface area contributed by atoms with Crippen molar-refractivity contribution in [1.82, 2.24) is 10.3 Å². The van der Waals surface area contributed by atoms with Crippen molar-refractivity contribution in [3.63, 3.8) is 0 Å². The van der Waals surface area contributed by atoms with Crippen molar-refractivity contribution in [3.05, 3.63) is 11.1 Å². The number of sulfonamides is 1. The fraction of sp³-hybridized carbons (Fsp3) is 0.667. The average molecular weight is 263 g/mol. The molecule has 0 amide bonds. The van der Waals surface area contributed by atoms with E-state index in [1.165, 1.54) is 28.9 Å². The van der Waals surface area contributed by atoms with Gasteiger partial charge in [-0.1, -0.05) is 13.8 Å². The monoisotopic (exact) mass is 263 g/mol. The highest BCUT2D eigenvalue weighted by atomic mass is 32.2. The third-order valence-electron chi connectivity index (χ3n) is 2.00. The second kappa shape index (κ2) is 5.11. The lowest BCUT2D eigenvalue weighted by Crippen LogP contribution is -2.25. The maximum absolute atomic E-state index is 11.3. The number of hydrogen-bond acceptors (Lipinski definition) is 5. The minimum Gasteiger partial charge on any atom is -0.309 e. The summed E-state index contributed by atoms with van der Waals surface area (Å²) >= 11 is 1.33. The van der Waals surface area contributed by atoms with E-state index in [4.69, 9.17) is 0 Å². The quantitative estimate of drug-likeness (QED) is 0.862. The number of thiazole rings is 1. The molecule has 0 aliphatic carbocycles. The fourth-order valence-corrected chi connectivity index (χ4v) is 2.53. The third kappa shape index (κ3) is 3.73. The van der Waals surface area contributed by atoms with Gasteiger partial charge in [0, 0.05) is 25.0 Å². The minimum absolute atomic E-state index is 0.387. The summed E-state index contributed by atoms with van der Waals surface area (Å²) in [6.45, 7) is 4.76. The Morgan fingerprint density at radius 2 is 2.19 bits per heavy atom. The molecule has 1 heterocycles. The van der Waals surface area contributed by atoms with Gasteiger partial charge in [-0.15, -0.1) is 11.3 Å². The highest BCUT2D eigenvalue weighted by Crippen LogP contribution is 2.21. The Morgan fingerprint density at radius 1 is 1.56 bits per heavy atom. The smallest absolute Gasteiger partial charge is 0.233 e. The Balaban J connectivity index is 2.72. The van der Waals surface area contributed by atoms with Gasteiger partial charge < -0.3 is 5.32 Å². The van der Waals surface area contributed by atoms with Gasteiger partial charge >= 0.3 is 0 Å². The van der Waals surface area contributed by atoms with E-state index in [-0.39, 0.29) is 0 Å². The summed E-state index contributed by atoms with van der Waals surface area (Å²) in [5, 5.41) is 5.60. The Kier molecular flexibility index (Phi) is 4.28. The van der Waals surface area contributed by atoms with Crippen LogP contribution in [0.15, 0.2) is 5.38 Å². The molecule has 1 aromatic rings. The van der Waals surface area contributed by atoms with Crippen molar-refractivity contribution in [3.8, 4) is 0 Å². The lowest BCUT2D eigenvalue weighted by Gasteiger charge is -2.11. The van der Waals surface area contributed by atoms with Gasteiger partial charge in [0.15, 0.2) is 5.13 Å². The molecule has 0 fully saturated rings. The van der Waals surface area contributed by atoms with Crippen molar-refractivity contribution in [2.45, 2.75) is 26.4 Å². The first-order chi connectivity index (χ1) is 7.30. The van der Waals surface area contributed by atoms with E-state index >= 15 is 0 Å². The van der Waals surface area contributed by atoms with E-state index in [0.29, 0.717) is 17.7 Å². The average Bonchev–Trinajstić information content (AvgIpc) is 2.60. The highest BCUT2D eigenvalue weighted by Gasteiger charge is 2.15. The van der Waals surface area contributed by atoms with Gasteiger partial charge in [0.25, 0.3) is 0 Å². The van der Waals surface area contributed by atoms with Crippen LogP contribution in [-0.2, 0) is 16.6 Å². The largest absolute Gasteiger partial charge is 0.309 e. The molecule has 0 aliphatic heterocycles. The van der Waals surface area contributed by atoms with Crippen LogP contribution in [0.4, 0.5) is 5.13 Å². The standard InChI is InChI=1S/C9H17N3O2S2/c1-7(2)10-5-8-6-15-9(11-8)12(3)16(4,13)14/h6-7,10H,5H2,1-4H3. The van der Waals surface area contributed by atoms with Crippen molar-refractivity contribution in [2.24, 2.45) is 0 Å². The lowest BCUT2D eigenvalue weighted by molar-refractivity contribution is 0.582. The number of nitrogens with zero attached hydrogens (tertiary/aromatic N) is 2. The van der Waals surface area contributed by atoms with Crippen LogP contribution >= 0.6 is 11.3 Å². The molecule has 0 atom stereocenters. The first-order valence-electron chi connectivity index (χ1n) is 4.92. The van der Waals surface area contributed by atoms with E-state index in [0.717, 1.165) is 5.69 Å². The van der Waals surface area contributed by atoms with Gasteiger partial charge in [-0.2, -0.15) is 0 Å². The molecule has 5 nitrogen and oxygen atoms in total. The molecule has 0 spiro atoms. The summed E-state index contributed by atoms with van der Waals surface area (Å²) in [6, 6.07) is 0.387. The number of rotatable bonds is 5. The summed E-state index contributed by atoms with van der Waals surface area (Å²) in [6.07, 6.45) is 1.17. The van der Waals surface area contributed by atoms with Gasteiger partial charge in [0.05, 0.1) is 11.9 Å². The van der Waals surface area contributed by atoms with Crippen molar-refractivity contribution in [1.29, 1.82) is 0 Å². The fourth-order valence-electron chi connectivity index (χ4n) is 0.973. The number of aromatic nitrogens is 1. The van der Waals surface area contributed by atoms with E-state index in [1.54, 1.807) is 0 Å². The van der Waals surface area contributed by atoms with Crippen molar-refractivity contribution in [2.75, 3.05) is 17.6 Å².